The SMILES string of the molecule is CCCCCC[S+]1C[C@@H](O)[C@H](O)[C@H]1CO.[Cl-]. The first-order valence-corrected chi connectivity index (χ1v) is 7.46. The highest BCUT2D eigenvalue weighted by Gasteiger charge is 2.48. The van der Waals surface area contributed by atoms with Gasteiger partial charge < -0.3 is 27.7 Å². The maximum atomic E-state index is 9.63. The lowest BCUT2D eigenvalue weighted by Gasteiger charge is -2.11. The van der Waals surface area contributed by atoms with Crippen LogP contribution in [0.1, 0.15) is 32.6 Å². The van der Waals surface area contributed by atoms with Crippen molar-refractivity contribution in [2.45, 2.75) is 50.1 Å². The average molecular weight is 271 g/mol. The van der Waals surface area contributed by atoms with Crippen molar-refractivity contribution in [3.8, 4) is 0 Å². The Hall–Kier alpha value is 0.520. The Balaban J connectivity index is 0.00000225. The topological polar surface area (TPSA) is 60.7 Å². The second-order valence-electron chi connectivity index (χ2n) is 4.25. The highest BCUT2D eigenvalue weighted by atomic mass is 35.5. The molecule has 1 fully saturated rings. The van der Waals surface area contributed by atoms with E-state index in [4.69, 9.17) is 5.11 Å². The van der Waals surface area contributed by atoms with Crippen molar-refractivity contribution in [3.05, 3.63) is 0 Å². The van der Waals surface area contributed by atoms with Gasteiger partial charge in [0.25, 0.3) is 0 Å². The monoisotopic (exact) mass is 270 g/mol. The summed E-state index contributed by atoms with van der Waals surface area (Å²) in [5, 5.41) is 28.2. The third kappa shape index (κ3) is 4.41. The van der Waals surface area contributed by atoms with E-state index in [2.05, 4.69) is 6.92 Å². The molecule has 3 nitrogen and oxygen atoms in total. The fraction of sp³-hybridized carbons (Fsp3) is 1.00. The van der Waals surface area contributed by atoms with Gasteiger partial charge in [0.2, 0.25) is 0 Å². The fourth-order valence-corrected chi connectivity index (χ4v) is 4.76. The number of halogens is 1. The zero-order valence-corrected chi connectivity index (χ0v) is 11.4. The number of rotatable bonds is 6. The Morgan fingerprint density at radius 1 is 1.19 bits per heavy atom. The van der Waals surface area contributed by atoms with Crippen LogP contribution in [-0.2, 0) is 10.9 Å². The van der Waals surface area contributed by atoms with E-state index in [-0.39, 0.29) is 35.2 Å². The zero-order valence-electron chi connectivity index (χ0n) is 9.81. The lowest BCUT2D eigenvalue weighted by molar-refractivity contribution is -0.00000682. The van der Waals surface area contributed by atoms with Crippen molar-refractivity contribution in [3.63, 3.8) is 0 Å². The van der Waals surface area contributed by atoms with E-state index in [9.17, 15) is 10.2 Å². The lowest BCUT2D eigenvalue weighted by Crippen LogP contribution is -3.00. The molecule has 3 N–H and O–H groups in total. The van der Waals surface area contributed by atoms with Crippen molar-refractivity contribution in [1.82, 2.24) is 0 Å². The van der Waals surface area contributed by atoms with E-state index in [1.807, 2.05) is 0 Å². The Bertz CT molecular complexity index is 183. The van der Waals surface area contributed by atoms with Gasteiger partial charge in [-0.1, -0.05) is 19.8 Å². The Labute approximate surface area is 107 Å². The summed E-state index contributed by atoms with van der Waals surface area (Å²) in [6, 6.07) is 0. The molecular weight excluding hydrogens is 248 g/mol. The van der Waals surface area contributed by atoms with Gasteiger partial charge >= 0.3 is 0 Å². The number of hydrogen-bond donors (Lipinski definition) is 3. The number of hydrogen-bond acceptors (Lipinski definition) is 3. The molecule has 0 aromatic rings. The van der Waals surface area contributed by atoms with E-state index < -0.39 is 12.2 Å². The van der Waals surface area contributed by atoms with E-state index in [0.717, 1.165) is 12.2 Å². The van der Waals surface area contributed by atoms with Crippen LogP contribution in [0.2, 0.25) is 0 Å². The van der Waals surface area contributed by atoms with Gasteiger partial charge in [0.1, 0.15) is 23.7 Å². The minimum absolute atomic E-state index is 0. The van der Waals surface area contributed by atoms with Gasteiger partial charge in [-0.3, -0.25) is 0 Å². The minimum Gasteiger partial charge on any atom is -1.00 e. The van der Waals surface area contributed by atoms with Crippen LogP contribution in [-0.4, -0.2) is 50.9 Å². The van der Waals surface area contributed by atoms with Crippen molar-refractivity contribution in [2.75, 3.05) is 18.1 Å². The molecule has 0 spiro atoms. The molecule has 5 heteroatoms. The molecular formula is C11H23ClO3S. The van der Waals surface area contributed by atoms with Crippen molar-refractivity contribution >= 4 is 10.9 Å². The first kappa shape index (κ1) is 16.5. The smallest absolute Gasteiger partial charge is 0.169 e. The molecule has 16 heavy (non-hydrogen) atoms. The van der Waals surface area contributed by atoms with Crippen LogP contribution < -0.4 is 12.4 Å². The molecule has 1 rings (SSSR count). The van der Waals surface area contributed by atoms with Gasteiger partial charge in [-0.25, -0.2) is 0 Å². The van der Waals surface area contributed by atoms with Gasteiger partial charge in [-0.05, 0) is 23.7 Å². The molecule has 0 amide bonds. The molecule has 0 saturated carbocycles. The van der Waals surface area contributed by atoms with E-state index in [1.54, 1.807) is 0 Å². The van der Waals surface area contributed by atoms with Crippen molar-refractivity contribution < 1.29 is 27.7 Å². The molecule has 1 saturated heterocycles. The van der Waals surface area contributed by atoms with Crippen molar-refractivity contribution in [2.24, 2.45) is 0 Å². The highest BCUT2D eigenvalue weighted by Crippen LogP contribution is 2.24. The predicted octanol–water partition coefficient (Wildman–Crippen LogP) is -2.71. The Morgan fingerprint density at radius 3 is 2.44 bits per heavy atom. The number of unbranched alkanes of at least 4 members (excludes halogenated alkanes) is 3. The van der Waals surface area contributed by atoms with Crippen LogP contribution in [0.25, 0.3) is 0 Å². The van der Waals surface area contributed by atoms with Crippen LogP contribution in [0.5, 0.6) is 0 Å². The minimum atomic E-state index is -0.704. The predicted molar refractivity (Wildman–Crippen MR) is 64.1 cm³/mol. The van der Waals surface area contributed by atoms with Crippen LogP contribution >= 0.6 is 0 Å². The van der Waals surface area contributed by atoms with Gasteiger partial charge in [0.05, 0.1) is 6.61 Å². The molecule has 0 aliphatic carbocycles. The molecule has 0 aromatic carbocycles. The maximum Gasteiger partial charge on any atom is 0.169 e. The molecule has 1 heterocycles. The third-order valence-electron chi connectivity index (χ3n) is 3.03. The van der Waals surface area contributed by atoms with Crippen molar-refractivity contribution in [1.29, 1.82) is 0 Å². The summed E-state index contributed by atoms with van der Waals surface area (Å²) in [6.07, 6.45) is 3.55. The molecule has 98 valence electrons. The van der Waals surface area contributed by atoms with Gasteiger partial charge in [0, 0.05) is 0 Å². The summed E-state index contributed by atoms with van der Waals surface area (Å²) in [4.78, 5) is 0. The summed E-state index contributed by atoms with van der Waals surface area (Å²) in [5.41, 5.74) is 0. The normalized spacial score (nSPS) is 33.8. The Morgan fingerprint density at radius 2 is 1.88 bits per heavy atom. The molecule has 4 atom stereocenters. The van der Waals surface area contributed by atoms with Gasteiger partial charge in [0.15, 0.2) is 5.25 Å². The third-order valence-corrected chi connectivity index (χ3v) is 5.90. The summed E-state index contributed by atoms with van der Waals surface area (Å²) < 4.78 is 0. The van der Waals surface area contributed by atoms with Gasteiger partial charge in [-0.2, -0.15) is 0 Å². The lowest BCUT2D eigenvalue weighted by atomic mass is 10.2. The van der Waals surface area contributed by atoms with Crippen LogP contribution in [0.3, 0.4) is 0 Å². The summed E-state index contributed by atoms with van der Waals surface area (Å²) in [6.45, 7) is 2.19. The van der Waals surface area contributed by atoms with E-state index in [0.29, 0.717) is 5.75 Å². The number of aliphatic hydroxyl groups is 3. The van der Waals surface area contributed by atoms with Crippen LogP contribution in [0.15, 0.2) is 0 Å². The summed E-state index contributed by atoms with van der Waals surface area (Å²) >= 11 is 0. The largest absolute Gasteiger partial charge is 1.00 e. The van der Waals surface area contributed by atoms with E-state index >= 15 is 0 Å². The van der Waals surface area contributed by atoms with E-state index in [1.165, 1.54) is 19.3 Å². The standard InChI is InChI=1S/C11H23O3S.ClH/c1-2-3-4-5-6-15-8-9(13)11(14)10(15)7-12;/h9-14H,2-8H2,1H3;1H/q+1;/p-1/t9-,10-,11+,15?;/m1./s1. The maximum absolute atomic E-state index is 9.63. The quantitative estimate of drug-likeness (QED) is 0.363. The highest BCUT2D eigenvalue weighted by molar-refractivity contribution is 7.97. The molecule has 1 aliphatic heterocycles. The molecule has 0 aromatic heterocycles. The first-order valence-electron chi connectivity index (χ1n) is 5.84. The summed E-state index contributed by atoms with van der Waals surface area (Å²) in [5.74, 6) is 1.73. The average Bonchev–Trinajstić information content (AvgIpc) is 2.50. The number of aliphatic hydroxyl groups excluding tert-OH is 3. The molecule has 1 aliphatic rings. The molecule has 0 radical (unpaired) electrons. The van der Waals surface area contributed by atoms with Crippen LogP contribution in [0, 0.1) is 0 Å². The summed E-state index contributed by atoms with van der Waals surface area (Å²) in [7, 11) is 0.0212. The van der Waals surface area contributed by atoms with Gasteiger partial charge in [-0.15, -0.1) is 0 Å². The second-order valence-corrected chi connectivity index (χ2v) is 6.67. The molecule has 0 bridgehead atoms. The van der Waals surface area contributed by atoms with Crippen LogP contribution in [0.4, 0.5) is 0 Å². The first-order chi connectivity index (χ1) is 7.20. The fourth-order valence-electron chi connectivity index (χ4n) is 2.05. The second kappa shape index (κ2) is 8.59. The molecule has 1 unspecified atom stereocenters. The Kier molecular flexibility index (Phi) is 8.87. The zero-order chi connectivity index (χ0) is 11.3.